The number of benzene rings is 1. The first-order chi connectivity index (χ1) is 24.3. The molecule has 1 N–H and O–H groups in total. The first-order valence-electron chi connectivity index (χ1n) is 20.3. The van der Waals surface area contributed by atoms with Crippen molar-refractivity contribution in [1.82, 2.24) is 4.90 Å². The fourth-order valence-electron chi connectivity index (χ4n) is 14.4. The number of hydrogen-bond donors (Lipinski definition) is 1. The predicted molar refractivity (Wildman–Crippen MR) is 201 cm³/mol. The van der Waals surface area contributed by atoms with Gasteiger partial charge in [-0.15, -0.1) is 0 Å². The molecule has 9 atom stereocenters. The largest absolute Gasteiger partial charge is 0.478 e. The van der Waals surface area contributed by atoms with Crippen LogP contribution in [-0.4, -0.2) is 47.3 Å². The Balaban J connectivity index is 1.15. The van der Waals surface area contributed by atoms with Crippen LogP contribution in [0, 0.1) is 62.5 Å². The van der Waals surface area contributed by atoms with Crippen molar-refractivity contribution in [3.63, 3.8) is 0 Å². The maximum Gasteiger partial charge on any atom is 0.335 e. The predicted octanol–water partition coefficient (Wildman–Crippen LogP) is 11.3. The molecule has 1 aromatic rings. The van der Waals surface area contributed by atoms with Crippen LogP contribution in [0.25, 0.3) is 5.57 Å². The van der Waals surface area contributed by atoms with Crippen molar-refractivity contribution < 1.29 is 27.9 Å². The Bertz CT molecular complexity index is 1660. The van der Waals surface area contributed by atoms with Crippen molar-refractivity contribution in [3.05, 3.63) is 53.4 Å². The SMILES string of the molecule is C=C(C)[C@@H]1CC[C@]2(C(=O)CCCN3CCC(F)(F)CC3)CC[C@]3(C)[C@H](CC[C@@H]4[C@@]5(C)CC=C(c6ccc(C(=O)O)cc6F)C(C)(C)[C@@H]5CC[C@]43C)[C@@H]12. The van der Waals surface area contributed by atoms with Crippen molar-refractivity contribution >= 4 is 17.3 Å². The van der Waals surface area contributed by atoms with Gasteiger partial charge in [-0.2, -0.15) is 0 Å². The van der Waals surface area contributed by atoms with Gasteiger partial charge in [-0.3, -0.25) is 4.79 Å². The second kappa shape index (κ2) is 12.8. The standard InChI is InChI=1S/C45H62F3NO3/c1-28(2)30-14-19-44(37(50)9-8-24-49-25-22-45(47,48)23-26-49)21-20-42(6)33(38(30)44)12-13-36-41(5)17-15-32(31-11-10-29(39(51)52)27-34(31)46)40(3,4)35(41)16-18-43(36,42)7/h10-11,15,27,30,33,35-36,38H,1,8-9,12-14,16-26H2,2-7H3,(H,51,52)/t30-,33+,35-,36+,38+,41-,42+,43+,44+/m0/s1. The normalized spacial score (nSPS) is 40.8. The summed E-state index contributed by atoms with van der Waals surface area (Å²) < 4.78 is 43.0. The van der Waals surface area contributed by atoms with Gasteiger partial charge in [0, 0.05) is 43.3 Å². The monoisotopic (exact) mass is 721 g/mol. The van der Waals surface area contributed by atoms with Crippen LogP contribution in [0.15, 0.2) is 36.4 Å². The molecule has 0 aromatic heterocycles. The van der Waals surface area contributed by atoms with Crippen LogP contribution < -0.4 is 0 Å². The Morgan fingerprint density at radius 2 is 1.62 bits per heavy atom. The minimum absolute atomic E-state index is 0.0276. The zero-order valence-corrected chi connectivity index (χ0v) is 32.6. The third-order valence-corrected chi connectivity index (χ3v) is 17.2. The summed E-state index contributed by atoms with van der Waals surface area (Å²) in [6.45, 7) is 20.5. The topological polar surface area (TPSA) is 57.6 Å². The van der Waals surface area contributed by atoms with Gasteiger partial charge >= 0.3 is 5.97 Å². The molecule has 5 aliphatic carbocycles. The number of hydrogen-bond acceptors (Lipinski definition) is 3. The molecule has 4 nitrogen and oxygen atoms in total. The van der Waals surface area contributed by atoms with Crippen LogP contribution in [0.5, 0.6) is 0 Å². The molecule has 1 saturated heterocycles. The van der Waals surface area contributed by atoms with Gasteiger partial charge in [-0.25, -0.2) is 18.0 Å². The number of carboxylic acid groups (broad SMARTS) is 1. The van der Waals surface area contributed by atoms with Crippen molar-refractivity contribution in [3.8, 4) is 0 Å². The lowest BCUT2D eigenvalue weighted by molar-refractivity contribution is -0.224. The lowest BCUT2D eigenvalue weighted by atomic mass is 9.32. The number of alkyl halides is 2. The molecule has 1 heterocycles. The number of rotatable bonds is 8. The van der Waals surface area contributed by atoms with Crippen LogP contribution in [0.2, 0.25) is 0 Å². The summed E-state index contributed by atoms with van der Waals surface area (Å²) >= 11 is 0. The molecular formula is C45H62F3NO3. The van der Waals surface area contributed by atoms with Crippen LogP contribution in [-0.2, 0) is 4.79 Å². The summed E-state index contributed by atoms with van der Waals surface area (Å²) in [6, 6.07) is 4.35. The van der Waals surface area contributed by atoms with Crippen LogP contribution >= 0.6 is 0 Å². The van der Waals surface area contributed by atoms with E-state index in [9.17, 15) is 23.5 Å². The minimum atomic E-state index is -2.55. The average Bonchev–Trinajstić information content (AvgIpc) is 3.47. The van der Waals surface area contributed by atoms with Crippen LogP contribution in [0.3, 0.4) is 0 Å². The van der Waals surface area contributed by atoms with Crippen molar-refractivity contribution in [2.24, 2.45) is 56.7 Å². The van der Waals surface area contributed by atoms with Gasteiger partial charge in [-0.05, 0) is 147 Å². The third kappa shape index (κ3) is 5.62. The number of allylic oxidation sites excluding steroid dienone is 3. The van der Waals surface area contributed by atoms with Crippen molar-refractivity contribution in [2.75, 3.05) is 19.6 Å². The zero-order chi connectivity index (χ0) is 37.6. The van der Waals surface area contributed by atoms with E-state index in [1.165, 1.54) is 11.6 Å². The number of Topliss-reactive ketones (excluding diaryl/α,β-unsaturated/α-hetero) is 1. The van der Waals surface area contributed by atoms with E-state index >= 15 is 4.39 Å². The second-order valence-corrected chi connectivity index (χ2v) is 19.6. The molecule has 5 fully saturated rings. The van der Waals surface area contributed by atoms with Crippen LogP contribution in [0.4, 0.5) is 13.2 Å². The second-order valence-electron chi connectivity index (χ2n) is 19.6. The number of fused-ring (bicyclic) bond motifs is 7. The third-order valence-electron chi connectivity index (χ3n) is 17.2. The molecule has 4 saturated carbocycles. The summed E-state index contributed by atoms with van der Waals surface area (Å²) in [6.07, 6.45) is 12.7. The molecule has 6 aliphatic rings. The van der Waals surface area contributed by atoms with E-state index in [-0.39, 0.29) is 45.5 Å². The number of carboxylic acids is 1. The summed E-state index contributed by atoms with van der Waals surface area (Å²) in [5.41, 5.74) is 2.36. The fraction of sp³-hybridized carbons (Fsp3) is 0.733. The van der Waals surface area contributed by atoms with Gasteiger partial charge in [0.1, 0.15) is 11.6 Å². The Kier molecular flexibility index (Phi) is 9.35. The Hall–Kier alpha value is -2.41. The van der Waals surface area contributed by atoms with Gasteiger partial charge in [-0.1, -0.05) is 58.9 Å². The summed E-state index contributed by atoms with van der Waals surface area (Å²) in [7, 11) is 0. The molecule has 0 amide bonds. The van der Waals surface area contributed by atoms with Gasteiger partial charge in [0.15, 0.2) is 0 Å². The minimum Gasteiger partial charge on any atom is -0.478 e. The maximum atomic E-state index is 15.5. The number of halogens is 3. The highest BCUT2D eigenvalue weighted by Crippen LogP contribution is 2.78. The number of ketones is 1. The highest BCUT2D eigenvalue weighted by molar-refractivity contribution is 5.88. The van der Waals surface area contributed by atoms with E-state index in [1.807, 2.05) is 0 Å². The summed E-state index contributed by atoms with van der Waals surface area (Å²) in [5.74, 6) is -1.74. The van der Waals surface area contributed by atoms with Gasteiger partial charge in [0.05, 0.1) is 5.56 Å². The molecule has 0 bridgehead atoms. The molecule has 7 rings (SSSR count). The average molecular weight is 722 g/mol. The first kappa shape index (κ1) is 37.9. The zero-order valence-electron chi connectivity index (χ0n) is 32.6. The Morgan fingerprint density at radius 1 is 0.904 bits per heavy atom. The fourth-order valence-corrected chi connectivity index (χ4v) is 14.4. The number of carbonyl (C=O) groups is 2. The number of likely N-dealkylation sites (tertiary alicyclic amines) is 1. The highest BCUT2D eigenvalue weighted by Gasteiger charge is 2.71. The molecule has 1 aromatic carbocycles. The van der Waals surface area contributed by atoms with Crippen molar-refractivity contribution in [1.29, 1.82) is 0 Å². The number of aromatic carboxylic acids is 1. The van der Waals surface area contributed by atoms with Gasteiger partial charge < -0.3 is 10.0 Å². The number of carbonyl (C=O) groups excluding carboxylic acids is 1. The van der Waals surface area contributed by atoms with E-state index in [2.05, 4.69) is 59.1 Å². The molecule has 1 aliphatic heterocycles. The van der Waals surface area contributed by atoms with E-state index in [4.69, 9.17) is 0 Å². The van der Waals surface area contributed by atoms with Crippen LogP contribution in [0.1, 0.15) is 141 Å². The first-order valence-corrected chi connectivity index (χ1v) is 20.3. The van der Waals surface area contributed by atoms with E-state index in [0.29, 0.717) is 60.4 Å². The quantitative estimate of drug-likeness (QED) is 0.272. The molecule has 7 heteroatoms. The van der Waals surface area contributed by atoms with E-state index < -0.39 is 17.7 Å². The number of piperidine rings is 1. The van der Waals surface area contributed by atoms with Gasteiger partial charge in [0.25, 0.3) is 5.92 Å². The molecular weight excluding hydrogens is 659 g/mol. The smallest absolute Gasteiger partial charge is 0.335 e. The van der Waals surface area contributed by atoms with Gasteiger partial charge in [0.2, 0.25) is 0 Å². The highest BCUT2D eigenvalue weighted by atomic mass is 19.3. The lowest BCUT2D eigenvalue weighted by Gasteiger charge is -2.72. The maximum absolute atomic E-state index is 15.5. The summed E-state index contributed by atoms with van der Waals surface area (Å²) in [4.78, 5) is 28.2. The summed E-state index contributed by atoms with van der Waals surface area (Å²) in [5, 5.41) is 9.44. The lowest BCUT2D eigenvalue weighted by Crippen LogP contribution is -2.65. The molecule has 0 unspecified atom stereocenters. The Morgan fingerprint density at radius 3 is 2.27 bits per heavy atom. The Labute approximate surface area is 310 Å². The molecule has 0 radical (unpaired) electrons. The van der Waals surface area contributed by atoms with E-state index in [0.717, 1.165) is 82.4 Å². The molecule has 286 valence electrons. The van der Waals surface area contributed by atoms with Crippen molar-refractivity contribution in [2.45, 2.75) is 131 Å². The number of nitrogens with zero attached hydrogens (tertiary/aromatic N) is 1. The van der Waals surface area contributed by atoms with E-state index in [1.54, 1.807) is 6.07 Å². The molecule has 0 spiro atoms. The molecule has 52 heavy (non-hydrogen) atoms.